The number of aliphatic hydroxyl groups is 1. The second-order valence-corrected chi connectivity index (χ2v) is 6.31. The predicted molar refractivity (Wildman–Crippen MR) is 93.8 cm³/mol. The SMILES string of the molecule is CC1(CNC(=O)C(O)(c2ccccc2)c2ccccc2)OCCCO1. The summed E-state index contributed by atoms with van der Waals surface area (Å²) < 4.78 is 11.2. The van der Waals surface area contributed by atoms with Gasteiger partial charge in [0, 0.05) is 0 Å². The summed E-state index contributed by atoms with van der Waals surface area (Å²) >= 11 is 0. The standard InChI is InChI=1S/C20H23NO4/c1-19(24-13-8-14-25-19)15-21-18(22)20(23,16-9-4-2-5-10-16)17-11-6-3-7-12-17/h2-7,9-12,23H,8,13-15H2,1H3,(H,21,22). The maximum Gasteiger partial charge on any atom is 0.261 e. The van der Waals surface area contributed by atoms with Crippen LogP contribution in [-0.2, 0) is 19.9 Å². The first-order valence-corrected chi connectivity index (χ1v) is 8.44. The third kappa shape index (κ3) is 3.74. The zero-order valence-electron chi connectivity index (χ0n) is 14.3. The second kappa shape index (κ2) is 7.35. The van der Waals surface area contributed by atoms with Gasteiger partial charge in [0.05, 0.1) is 19.8 Å². The fraction of sp³-hybridized carbons (Fsp3) is 0.350. The zero-order chi connectivity index (χ0) is 17.8. The van der Waals surface area contributed by atoms with Crippen LogP contribution in [0, 0.1) is 0 Å². The molecule has 1 heterocycles. The van der Waals surface area contributed by atoms with E-state index in [4.69, 9.17) is 9.47 Å². The average molecular weight is 341 g/mol. The molecule has 1 amide bonds. The Morgan fingerprint density at radius 1 is 1.04 bits per heavy atom. The number of rotatable bonds is 5. The van der Waals surface area contributed by atoms with Crippen LogP contribution in [0.4, 0.5) is 0 Å². The number of carbonyl (C=O) groups is 1. The van der Waals surface area contributed by atoms with Crippen molar-refractivity contribution < 1.29 is 19.4 Å². The Morgan fingerprint density at radius 3 is 2.00 bits per heavy atom. The number of nitrogens with one attached hydrogen (secondary N) is 1. The van der Waals surface area contributed by atoms with Crippen LogP contribution in [0.15, 0.2) is 60.7 Å². The zero-order valence-corrected chi connectivity index (χ0v) is 14.3. The van der Waals surface area contributed by atoms with Gasteiger partial charge in [-0.05, 0) is 24.5 Å². The van der Waals surface area contributed by atoms with Gasteiger partial charge in [0.2, 0.25) is 0 Å². The van der Waals surface area contributed by atoms with Crippen molar-refractivity contribution in [2.45, 2.75) is 24.7 Å². The van der Waals surface area contributed by atoms with Crippen molar-refractivity contribution in [2.24, 2.45) is 0 Å². The van der Waals surface area contributed by atoms with Gasteiger partial charge >= 0.3 is 0 Å². The van der Waals surface area contributed by atoms with Gasteiger partial charge in [-0.1, -0.05) is 60.7 Å². The third-order valence-electron chi connectivity index (χ3n) is 4.39. The highest BCUT2D eigenvalue weighted by atomic mass is 16.7. The summed E-state index contributed by atoms with van der Waals surface area (Å²) in [6.07, 6.45) is 0.835. The number of hydrogen-bond acceptors (Lipinski definition) is 4. The molecule has 132 valence electrons. The molecule has 0 unspecified atom stereocenters. The lowest BCUT2D eigenvalue weighted by atomic mass is 9.85. The van der Waals surface area contributed by atoms with E-state index < -0.39 is 17.3 Å². The van der Waals surface area contributed by atoms with E-state index >= 15 is 0 Å². The Labute approximate surface area is 147 Å². The summed E-state index contributed by atoms with van der Waals surface area (Å²) in [5.41, 5.74) is -0.767. The van der Waals surface area contributed by atoms with Crippen LogP contribution in [0.3, 0.4) is 0 Å². The molecule has 1 saturated heterocycles. The Bertz CT molecular complexity index is 657. The third-order valence-corrected chi connectivity index (χ3v) is 4.39. The molecule has 5 nitrogen and oxygen atoms in total. The molecular weight excluding hydrogens is 318 g/mol. The van der Waals surface area contributed by atoms with E-state index in [2.05, 4.69) is 5.32 Å². The number of hydrogen-bond donors (Lipinski definition) is 2. The van der Waals surface area contributed by atoms with E-state index in [1.165, 1.54) is 0 Å². The lowest BCUT2D eigenvalue weighted by Gasteiger charge is -2.35. The molecule has 1 aliphatic heterocycles. The smallest absolute Gasteiger partial charge is 0.261 e. The van der Waals surface area contributed by atoms with Crippen LogP contribution in [0.25, 0.3) is 0 Å². The molecule has 0 saturated carbocycles. The first-order valence-electron chi connectivity index (χ1n) is 8.44. The first-order chi connectivity index (χ1) is 12.0. The number of ether oxygens (including phenoxy) is 2. The fourth-order valence-electron chi connectivity index (χ4n) is 2.94. The monoisotopic (exact) mass is 341 g/mol. The van der Waals surface area contributed by atoms with Gasteiger partial charge in [-0.25, -0.2) is 0 Å². The minimum absolute atomic E-state index is 0.161. The summed E-state index contributed by atoms with van der Waals surface area (Å²) in [5.74, 6) is -1.38. The highest BCUT2D eigenvalue weighted by Crippen LogP contribution is 2.30. The molecule has 25 heavy (non-hydrogen) atoms. The molecule has 0 radical (unpaired) electrons. The van der Waals surface area contributed by atoms with E-state index in [-0.39, 0.29) is 6.54 Å². The van der Waals surface area contributed by atoms with Crippen molar-refractivity contribution >= 4 is 5.91 Å². The lowest BCUT2D eigenvalue weighted by molar-refractivity contribution is -0.252. The van der Waals surface area contributed by atoms with Crippen LogP contribution < -0.4 is 5.32 Å². The Hall–Kier alpha value is -2.21. The largest absolute Gasteiger partial charge is 0.372 e. The van der Waals surface area contributed by atoms with Gasteiger partial charge in [-0.15, -0.1) is 0 Å². The highest BCUT2D eigenvalue weighted by Gasteiger charge is 2.41. The van der Waals surface area contributed by atoms with E-state index in [1.807, 2.05) is 12.1 Å². The Morgan fingerprint density at radius 2 is 1.52 bits per heavy atom. The number of carbonyl (C=O) groups excluding carboxylic acids is 1. The van der Waals surface area contributed by atoms with E-state index in [0.29, 0.717) is 24.3 Å². The van der Waals surface area contributed by atoms with Crippen molar-refractivity contribution in [3.63, 3.8) is 0 Å². The van der Waals surface area contributed by atoms with Crippen molar-refractivity contribution in [1.29, 1.82) is 0 Å². The van der Waals surface area contributed by atoms with E-state index in [1.54, 1.807) is 55.5 Å². The Kier molecular flexibility index (Phi) is 5.18. The minimum atomic E-state index is -1.78. The van der Waals surface area contributed by atoms with Gasteiger partial charge in [-0.2, -0.15) is 0 Å². The highest BCUT2D eigenvalue weighted by molar-refractivity contribution is 5.90. The maximum atomic E-state index is 13.0. The molecule has 0 aliphatic carbocycles. The Balaban J connectivity index is 1.86. The minimum Gasteiger partial charge on any atom is -0.372 e. The summed E-state index contributed by atoms with van der Waals surface area (Å²) in [6, 6.07) is 17.8. The molecule has 0 spiro atoms. The molecule has 1 aliphatic rings. The van der Waals surface area contributed by atoms with Crippen LogP contribution in [0.1, 0.15) is 24.5 Å². The van der Waals surface area contributed by atoms with Crippen LogP contribution >= 0.6 is 0 Å². The van der Waals surface area contributed by atoms with Gasteiger partial charge in [-0.3, -0.25) is 4.79 Å². The van der Waals surface area contributed by atoms with E-state index in [9.17, 15) is 9.90 Å². The molecular formula is C20H23NO4. The number of amides is 1. The maximum absolute atomic E-state index is 13.0. The fourth-order valence-corrected chi connectivity index (χ4v) is 2.94. The molecule has 0 bridgehead atoms. The van der Waals surface area contributed by atoms with Crippen molar-refractivity contribution in [2.75, 3.05) is 19.8 Å². The van der Waals surface area contributed by atoms with Crippen molar-refractivity contribution in [3.8, 4) is 0 Å². The molecule has 5 heteroatoms. The van der Waals surface area contributed by atoms with Crippen molar-refractivity contribution in [1.82, 2.24) is 5.32 Å². The van der Waals surface area contributed by atoms with Crippen LogP contribution in [-0.4, -0.2) is 36.6 Å². The van der Waals surface area contributed by atoms with Gasteiger partial charge in [0.15, 0.2) is 11.4 Å². The number of benzene rings is 2. The quantitative estimate of drug-likeness (QED) is 0.875. The molecule has 2 aromatic rings. The molecule has 2 N–H and O–H groups in total. The summed E-state index contributed by atoms with van der Waals surface area (Å²) in [5, 5.41) is 14.1. The lowest BCUT2D eigenvalue weighted by Crippen LogP contribution is -2.52. The predicted octanol–water partition coefficient (Wildman–Crippen LogP) is 2.19. The summed E-state index contributed by atoms with van der Waals surface area (Å²) in [4.78, 5) is 13.0. The van der Waals surface area contributed by atoms with Gasteiger partial charge < -0.3 is 19.9 Å². The van der Waals surface area contributed by atoms with Crippen LogP contribution in [0.2, 0.25) is 0 Å². The first kappa shape index (κ1) is 17.6. The molecule has 0 aromatic heterocycles. The van der Waals surface area contributed by atoms with Gasteiger partial charge in [0.25, 0.3) is 5.91 Å². The van der Waals surface area contributed by atoms with Crippen molar-refractivity contribution in [3.05, 3.63) is 71.8 Å². The topological polar surface area (TPSA) is 67.8 Å². The van der Waals surface area contributed by atoms with Gasteiger partial charge in [0.1, 0.15) is 0 Å². The van der Waals surface area contributed by atoms with Crippen LogP contribution in [0.5, 0.6) is 0 Å². The normalized spacial score (nSPS) is 17.0. The molecule has 0 atom stereocenters. The average Bonchev–Trinajstić information content (AvgIpc) is 2.67. The molecule has 2 aromatic carbocycles. The second-order valence-electron chi connectivity index (χ2n) is 6.31. The molecule has 1 fully saturated rings. The molecule has 3 rings (SSSR count). The van der Waals surface area contributed by atoms with E-state index in [0.717, 1.165) is 6.42 Å². The summed E-state index contributed by atoms with van der Waals surface area (Å²) in [7, 11) is 0. The summed E-state index contributed by atoms with van der Waals surface area (Å²) in [6.45, 7) is 3.13.